The van der Waals surface area contributed by atoms with Gasteiger partial charge in [-0.15, -0.1) is 0 Å². The van der Waals surface area contributed by atoms with Gasteiger partial charge in [-0.2, -0.15) is 0 Å². The fraction of sp³-hybridized carbons (Fsp3) is 0.259. The van der Waals surface area contributed by atoms with Crippen LogP contribution in [0.4, 0.5) is 10.1 Å². The largest absolute Gasteiger partial charge is 0.478 e. The lowest BCUT2D eigenvalue weighted by molar-refractivity contribution is -0.119. The van der Waals surface area contributed by atoms with Crippen LogP contribution in [0, 0.1) is 0 Å². The Morgan fingerprint density at radius 2 is 1.89 bits per heavy atom. The van der Waals surface area contributed by atoms with Crippen molar-refractivity contribution >= 4 is 35.1 Å². The first-order valence-electron chi connectivity index (χ1n) is 11.8. The molecule has 2 unspecified atom stereocenters. The van der Waals surface area contributed by atoms with Crippen molar-refractivity contribution in [1.82, 2.24) is 9.88 Å². The van der Waals surface area contributed by atoms with Gasteiger partial charge in [0.2, 0.25) is 5.91 Å². The van der Waals surface area contributed by atoms with Crippen LogP contribution in [0.25, 0.3) is 11.1 Å². The van der Waals surface area contributed by atoms with Crippen LogP contribution < -0.4 is 16.2 Å². The van der Waals surface area contributed by atoms with E-state index in [2.05, 4.69) is 10.6 Å². The molecular weight excluding hydrogens is 517 g/mol. The Bertz CT molecular complexity index is 1440. The molecule has 1 aromatic heterocycles. The number of nitrogens with one attached hydrogen (secondary N) is 2. The van der Waals surface area contributed by atoms with Crippen molar-refractivity contribution in [2.45, 2.75) is 24.9 Å². The van der Waals surface area contributed by atoms with Crippen LogP contribution in [-0.2, 0) is 16.0 Å². The first-order valence-corrected chi connectivity index (χ1v) is 12.1. The molecule has 2 aromatic carbocycles. The van der Waals surface area contributed by atoms with Crippen molar-refractivity contribution in [2.24, 2.45) is 0 Å². The van der Waals surface area contributed by atoms with Crippen molar-refractivity contribution in [2.75, 3.05) is 25.7 Å². The number of alkyl halides is 1. The quantitative estimate of drug-likeness (QED) is 0.399. The zero-order valence-electron chi connectivity index (χ0n) is 20.4. The van der Waals surface area contributed by atoms with Gasteiger partial charge in [0.15, 0.2) is 0 Å². The van der Waals surface area contributed by atoms with Gasteiger partial charge in [-0.3, -0.25) is 14.4 Å². The van der Waals surface area contributed by atoms with Crippen LogP contribution in [0.2, 0.25) is 5.02 Å². The summed E-state index contributed by atoms with van der Waals surface area (Å²) < 4.78 is 20.0. The average molecular weight is 542 g/mol. The van der Waals surface area contributed by atoms with Gasteiger partial charge in [0.1, 0.15) is 12.7 Å². The van der Waals surface area contributed by atoms with Gasteiger partial charge >= 0.3 is 5.97 Å². The minimum atomic E-state index is -1.11. The SMILES string of the molecule is COCCC(C(=O)Nc1ccc(C(=O)O)cc1)n1cc2c(cc1=O)-c1cc(Cl)ccc1CC(CF)NC2=O. The number of rotatable bonds is 8. The molecule has 11 heteroatoms. The van der Waals surface area contributed by atoms with E-state index < -0.39 is 42.1 Å². The average Bonchev–Trinajstić information content (AvgIpc) is 2.89. The summed E-state index contributed by atoms with van der Waals surface area (Å²) in [5.41, 5.74) is 1.52. The number of carbonyl (C=O) groups excluding carboxylic acids is 2. The lowest BCUT2D eigenvalue weighted by atomic mass is 9.90. The number of anilines is 1. The molecule has 0 radical (unpaired) electrons. The smallest absolute Gasteiger partial charge is 0.335 e. The molecule has 38 heavy (non-hydrogen) atoms. The fourth-order valence-corrected chi connectivity index (χ4v) is 4.57. The third-order valence-corrected chi connectivity index (χ3v) is 6.54. The second kappa shape index (κ2) is 11.6. The molecule has 1 aliphatic heterocycles. The number of pyridine rings is 1. The first-order chi connectivity index (χ1) is 18.2. The Hall–Kier alpha value is -4.02. The van der Waals surface area contributed by atoms with E-state index in [1.807, 2.05) is 0 Å². The lowest BCUT2D eigenvalue weighted by Crippen LogP contribution is -2.41. The molecule has 3 N–H and O–H groups in total. The number of hydrogen-bond acceptors (Lipinski definition) is 5. The number of ether oxygens (including phenoxy) is 1. The summed E-state index contributed by atoms with van der Waals surface area (Å²) in [5, 5.41) is 14.8. The van der Waals surface area contributed by atoms with E-state index in [9.17, 15) is 23.6 Å². The molecule has 0 aliphatic carbocycles. The summed E-state index contributed by atoms with van der Waals surface area (Å²) in [5.74, 6) is -2.26. The highest BCUT2D eigenvalue weighted by atomic mass is 35.5. The predicted octanol–water partition coefficient (Wildman–Crippen LogP) is 3.71. The van der Waals surface area contributed by atoms with Gasteiger partial charge in [0.25, 0.3) is 11.5 Å². The molecule has 0 spiro atoms. The monoisotopic (exact) mass is 541 g/mol. The summed E-state index contributed by atoms with van der Waals surface area (Å²) in [7, 11) is 1.45. The van der Waals surface area contributed by atoms with E-state index in [0.29, 0.717) is 27.4 Å². The number of fused-ring (bicyclic) bond motifs is 3. The van der Waals surface area contributed by atoms with Crippen LogP contribution in [0.1, 0.15) is 38.7 Å². The number of amides is 2. The molecule has 2 heterocycles. The second-order valence-corrected chi connectivity index (χ2v) is 9.28. The molecular formula is C27H25ClFN3O6. The van der Waals surface area contributed by atoms with Crippen LogP contribution in [-0.4, -0.2) is 53.9 Å². The molecule has 2 amide bonds. The van der Waals surface area contributed by atoms with Gasteiger partial charge < -0.3 is 25.0 Å². The standard InChI is InChI=1S/C27H25ClFN3O6/c1-38-9-8-23(26(35)30-18-6-3-15(4-7-18)27(36)37)32-14-22-21(12-24(32)33)20-11-17(28)5-2-16(20)10-19(13-29)31-25(22)34/h2-7,11-12,14,19,23H,8-10,13H2,1H3,(H,30,35)(H,31,34)(H,36,37). The molecule has 9 nitrogen and oxygen atoms in total. The van der Waals surface area contributed by atoms with E-state index in [0.717, 1.165) is 4.57 Å². The molecule has 1 aliphatic rings. The molecule has 3 aromatic rings. The van der Waals surface area contributed by atoms with Crippen molar-refractivity contribution in [3.8, 4) is 11.1 Å². The molecule has 0 saturated carbocycles. The minimum absolute atomic E-state index is 0.0507. The first kappa shape index (κ1) is 27.0. The highest BCUT2D eigenvalue weighted by Crippen LogP contribution is 2.32. The van der Waals surface area contributed by atoms with E-state index in [1.54, 1.807) is 18.2 Å². The minimum Gasteiger partial charge on any atom is -0.478 e. The Balaban J connectivity index is 1.78. The molecule has 0 saturated heterocycles. The number of hydrogen-bond donors (Lipinski definition) is 3. The summed E-state index contributed by atoms with van der Waals surface area (Å²) in [6.45, 7) is -0.656. The van der Waals surface area contributed by atoms with Gasteiger partial charge in [0.05, 0.1) is 17.2 Å². The van der Waals surface area contributed by atoms with Gasteiger partial charge in [0, 0.05) is 48.7 Å². The lowest BCUT2D eigenvalue weighted by Gasteiger charge is -2.25. The fourth-order valence-electron chi connectivity index (χ4n) is 4.39. The molecule has 2 atom stereocenters. The van der Waals surface area contributed by atoms with E-state index in [1.165, 1.54) is 43.6 Å². The van der Waals surface area contributed by atoms with Crippen LogP contribution in [0.3, 0.4) is 0 Å². The number of carboxylic acid groups (broad SMARTS) is 1. The zero-order valence-corrected chi connectivity index (χ0v) is 21.1. The van der Waals surface area contributed by atoms with Crippen LogP contribution in [0.15, 0.2) is 59.5 Å². The maximum atomic E-state index is 13.7. The summed E-state index contributed by atoms with van der Waals surface area (Å²) in [6.07, 6.45) is 1.62. The maximum Gasteiger partial charge on any atom is 0.335 e. The number of aromatic nitrogens is 1. The number of nitrogens with zero attached hydrogens (tertiary/aromatic N) is 1. The normalized spacial score (nSPS) is 15.3. The number of aromatic carboxylic acids is 1. The van der Waals surface area contributed by atoms with Crippen LogP contribution in [0.5, 0.6) is 0 Å². The predicted molar refractivity (Wildman–Crippen MR) is 140 cm³/mol. The highest BCUT2D eigenvalue weighted by molar-refractivity contribution is 6.31. The molecule has 0 fully saturated rings. The zero-order chi connectivity index (χ0) is 27.4. The van der Waals surface area contributed by atoms with E-state index in [-0.39, 0.29) is 30.6 Å². The van der Waals surface area contributed by atoms with Crippen LogP contribution >= 0.6 is 11.6 Å². The van der Waals surface area contributed by atoms with Gasteiger partial charge in [-0.1, -0.05) is 17.7 Å². The molecule has 0 bridgehead atoms. The number of benzene rings is 2. The summed E-state index contributed by atoms with van der Waals surface area (Å²) in [6, 6.07) is 10.00. The molecule has 4 rings (SSSR count). The number of carboxylic acids is 1. The Kier molecular flexibility index (Phi) is 8.23. The van der Waals surface area contributed by atoms with Crippen molar-refractivity contribution in [3.63, 3.8) is 0 Å². The Labute approximate surface area is 222 Å². The second-order valence-electron chi connectivity index (χ2n) is 8.85. The maximum absolute atomic E-state index is 13.7. The summed E-state index contributed by atoms with van der Waals surface area (Å²) in [4.78, 5) is 50.9. The third-order valence-electron chi connectivity index (χ3n) is 6.31. The summed E-state index contributed by atoms with van der Waals surface area (Å²) >= 11 is 6.21. The number of methoxy groups -OCH3 is 1. The highest BCUT2D eigenvalue weighted by Gasteiger charge is 2.28. The van der Waals surface area contributed by atoms with E-state index in [4.69, 9.17) is 21.4 Å². The Morgan fingerprint density at radius 3 is 2.55 bits per heavy atom. The van der Waals surface area contributed by atoms with Gasteiger partial charge in [-0.05, 0) is 53.9 Å². The Morgan fingerprint density at radius 1 is 1.16 bits per heavy atom. The van der Waals surface area contributed by atoms with Gasteiger partial charge in [-0.25, -0.2) is 9.18 Å². The number of carbonyl (C=O) groups is 3. The van der Waals surface area contributed by atoms with Crippen molar-refractivity contribution < 1.29 is 28.6 Å². The topological polar surface area (TPSA) is 127 Å². The van der Waals surface area contributed by atoms with Crippen molar-refractivity contribution in [3.05, 3.63) is 86.8 Å². The third kappa shape index (κ3) is 5.76. The number of halogens is 2. The molecule has 198 valence electrons. The van der Waals surface area contributed by atoms with Crippen molar-refractivity contribution in [1.29, 1.82) is 0 Å². The van der Waals surface area contributed by atoms with E-state index >= 15 is 0 Å².